The molecule has 0 saturated heterocycles. The van der Waals surface area contributed by atoms with Crippen molar-refractivity contribution < 1.29 is 9.53 Å². The molecule has 0 spiro atoms. The Balaban J connectivity index is 1.88. The highest BCUT2D eigenvalue weighted by atomic mass is 16.5. The monoisotopic (exact) mass is 406 g/mol. The highest BCUT2D eigenvalue weighted by Gasteiger charge is 2.26. The second kappa shape index (κ2) is 7.94. The molecule has 9 heteroatoms. The van der Waals surface area contributed by atoms with E-state index in [9.17, 15) is 9.59 Å². The molecule has 154 valence electrons. The predicted octanol–water partition coefficient (Wildman–Crippen LogP) is 2.54. The van der Waals surface area contributed by atoms with Gasteiger partial charge in [-0.15, -0.1) is 0 Å². The maximum atomic E-state index is 12.4. The van der Waals surface area contributed by atoms with Gasteiger partial charge in [0.2, 0.25) is 0 Å². The van der Waals surface area contributed by atoms with Crippen LogP contribution in [0.15, 0.2) is 47.5 Å². The quantitative estimate of drug-likeness (QED) is 0.475. The largest absolute Gasteiger partial charge is 0.465 e. The molecule has 4 rings (SSSR count). The maximum absolute atomic E-state index is 12.4. The Labute approximate surface area is 172 Å². The Bertz CT molecular complexity index is 1190. The van der Waals surface area contributed by atoms with Crippen molar-refractivity contribution >= 4 is 5.97 Å². The predicted molar refractivity (Wildman–Crippen MR) is 110 cm³/mol. The van der Waals surface area contributed by atoms with Gasteiger partial charge in [-0.25, -0.2) is 14.9 Å². The number of nitrogens with zero attached hydrogens (tertiary/aromatic N) is 4. The number of carbonyl (C=O) groups is 1. The molecule has 0 fully saturated rings. The van der Waals surface area contributed by atoms with Crippen LogP contribution in [0.4, 0.5) is 0 Å². The minimum absolute atomic E-state index is 0.160. The zero-order valence-corrected chi connectivity index (χ0v) is 16.9. The van der Waals surface area contributed by atoms with Crippen LogP contribution in [0.3, 0.4) is 0 Å². The Hall–Kier alpha value is -3.75. The van der Waals surface area contributed by atoms with Gasteiger partial charge in [-0.3, -0.25) is 9.89 Å². The van der Waals surface area contributed by atoms with Crippen molar-refractivity contribution in [2.75, 3.05) is 7.11 Å². The lowest BCUT2D eigenvalue weighted by Crippen LogP contribution is -2.19. The first kappa shape index (κ1) is 19.6. The SMILES string of the molecule is COC(=O)c1cn([C@H](Cc2ccccc2)c2nc(C(C)C)n[nH]2)cc2c(=O)[nH]nc1-2. The lowest BCUT2D eigenvalue weighted by molar-refractivity contribution is 0.0600. The van der Waals surface area contributed by atoms with Gasteiger partial charge in [-0.1, -0.05) is 44.2 Å². The molecule has 2 N–H and O–H groups in total. The summed E-state index contributed by atoms with van der Waals surface area (Å²) in [5.74, 6) is 0.928. The van der Waals surface area contributed by atoms with Crippen LogP contribution in [0, 0.1) is 0 Å². The number of carbonyl (C=O) groups excluding carboxylic acids is 1. The van der Waals surface area contributed by atoms with Gasteiger partial charge in [0.1, 0.15) is 17.1 Å². The molecule has 0 aliphatic carbocycles. The first-order chi connectivity index (χ1) is 14.5. The van der Waals surface area contributed by atoms with Crippen molar-refractivity contribution in [3.8, 4) is 11.3 Å². The zero-order chi connectivity index (χ0) is 21.3. The third-order valence-electron chi connectivity index (χ3n) is 4.97. The topological polar surface area (TPSA) is 119 Å². The van der Waals surface area contributed by atoms with Gasteiger partial charge in [0.05, 0.1) is 18.7 Å². The lowest BCUT2D eigenvalue weighted by atomic mass is 10.0. The first-order valence-corrected chi connectivity index (χ1v) is 9.62. The average molecular weight is 406 g/mol. The number of hydrogen-bond donors (Lipinski definition) is 2. The maximum Gasteiger partial charge on any atom is 0.341 e. The molecule has 0 radical (unpaired) electrons. The van der Waals surface area contributed by atoms with E-state index >= 15 is 0 Å². The number of pyridine rings is 1. The van der Waals surface area contributed by atoms with Crippen LogP contribution >= 0.6 is 0 Å². The van der Waals surface area contributed by atoms with Crippen molar-refractivity contribution in [2.45, 2.75) is 32.2 Å². The summed E-state index contributed by atoms with van der Waals surface area (Å²) in [5.41, 5.74) is 1.49. The summed E-state index contributed by atoms with van der Waals surface area (Å²) in [4.78, 5) is 29.3. The van der Waals surface area contributed by atoms with E-state index in [1.807, 2.05) is 44.2 Å². The van der Waals surface area contributed by atoms with Gasteiger partial charge >= 0.3 is 5.97 Å². The third kappa shape index (κ3) is 3.61. The standard InChI is InChI=1S/C21H22N6O3/c1-12(2)18-22-19(25-24-18)16(9-13-7-5-4-6-8-13)27-10-14-17(23-26-20(14)28)15(11-27)21(29)30-3/h4-8,10-12,16H,9H2,1-3H3,(H,26,28)(H,22,24,25)/t16-/m1/s1. The smallest absolute Gasteiger partial charge is 0.341 e. The molecule has 0 bridgehead atoms. The minimum Gasteiger partial charge on any atom is -0.465 e. The second-order valence-corrected chi connectivity index (χ2v) is 7.36. The fourth-order valence-electron chi connectivity index (χ4n) is 3.37. The molecule has 0 amide bonds. The molecule has 1 atom stereocenters. The molecule has 1 aromatic heterocycles. The number of methoxy groups -OCH3 is 1. The summed E-state index contributed by atoms with van der Waals surface area (Å²) >= 11 is 0. The molecular formula is C21H22N6O3. The molecule has 2 aliphatic heterocycles. The summed E-state index contributed by atoms with van der Waals surface area (Å²) in [5, 5.41) is 13.7. The summed E-state index contributed by atoms with van der Waals surface area (Å²) in [6, 6.07) is 9.59. The summed E-state index contributed by atoms with van der Waals surface area (Å²) in [6.07, 6.45) is 3.90. The van der Waals surface area contributed by atoms with Gasteiger partial charge in [0, 0.05) is 24.7 Å². The third-order valence-corrected chi connectivity index (χ3v) is 4.97. The molecule has 2 aliphatic rings. The van der Waals surface area contributed by atoms with Crippen LogP contribution in [0.5, 0.6) is 0 Å². The van der Waals surface area contributed by atoms with E-state index in [0.29, 0.717) is 23.6 Å². The molecule has 1 aromatic carbocycles. The van der Waals surface area contributed by atoms with Gasteiger partial charge < -0.3 is 9.30 Å². The number of benzene rings is 1. The molecular weight excluding hydrogens is 384 g/mol. The number of aromatic amines is 2. The Morgan fingerprint density at radius 2 is 1.90 bits per heavy atom. The van der Waals surface area contributed by atoms with Crippen molar-refractivity contribution in [3.05, 3.63) is 75.9 Å². The van der Waals surface area contributed by atoms with Crippen LogP contribution in [-0.2, 0) is 11.2 Å². The van der Waals surface area contributed by atoms with Gasteiger partial charge in [-0.05, 0) is 5.56 Å². The lowest BCUT2D eigenvalue weighted by Gasteiger charge is -2.21. The van der Waals surface area contributed by atoms with Gasteiger partial charge in [0.25, 0.3) is 5.56 Å². The minimum atomic E-state index is -0.570. The van der Waals surface area contributed by atoms with E-state index in [0.717, 1.165) is 5.56 Å². The molecule has 30 heavy (non-hydrogen) atoms. The number of aromatic nitrogens is 6. The Morgan fingerprint density at radius 3 is 2.57 bits per heavy atom. The fourth-order valence-corrected chi connectivity index (χ4v) is 3.37. The number of rotatable bonds is 6. The number of nitrogens with one attached hydrogen (secondary N) is 2. The van der Waals surface area contributed by atoms with Crippen LogP contribution < -0.4 is 5.56 Å². The normalized spacial score (nSPS) is 12.4. The highest BCUT2D eigenvalue weighted by Crippen LogP contribution is 2.27. The van der Waals surface area contributed by atoms with E-state index < -0.39 is 5.97 Å². The number of H-pyrrole nitrogens is 2. The van der Waals surface area contributed by atoms with E-state index in [-0.39, 0.29) is 28.8 Å². The van der Waals surface area contributed by atoms with E-state index in [1.54, 1.807) is 17.0 Å². The Kier molecular flexibility index (Phi) is 5.18. The van der Waals surface area contributed by atoms with Crippen molar-refractivity contribution in [2.24, 2.45) is 0 Å². The second-order valence-electron chi connectivity index (χ2n) is 7.36. The highest BCUT2D eigenvalue weighted by molar-refractivity contribution is 5.95. The zero-order valence-electron chi connectivity index (χ0n) is 16.9. The molecule has 9 nitrogen and oxygen atoms in total. The summed E-state index contributed by atoms with van der Waals surface area (Å²) in [6.45, 7) is 4.03. The van der Waals surface area contributed by atoms with Gasteiger partial charge in [-0.2, -0.15) is 10.2 Å². The van der Waals surface area contributed by atoms with Crippen LogP contribution in [-0.4, -0.2) is 43.0 Å². The van der Waals surface area contributed by atoms with Crippen molar-refractivity contribution in [1.29, 1.82) is 0 Å². The Morgan fingerprint density at radius 1 is 1.13 bits per heavy atom. The van der Waals surface area contributed by atoms with Crippen molar-refractivity contribution in [1.82, 2.24) is 29.9 Å². The van der Waals surface area contributed by atoms with Crippen LogP contribution in [0.2, 0.25) is 0 Å². The number of ether oxygens (including phenoxy) is 1. The van der Waals surface area contributed by atoms with E-state index in [2.05, 4.69) is 25.4 Å². The number of hydrogen-bond acceptors (Lipinski definition) is 6. The fraction of sp³-hybridized carbons (Fsp3) is 0.286. The average Bonchev–Trinajstić information content (AvgIpc) is 3.39. The van der Waals surface area contributed by atoms with Crippen LogP contribution in [0.1, 0.15) is 53.4 Å². The molecule has 0 saturated carbocycles. The van der Waals surface area contributed by atoms with E-state index in [4.69, 9.17) is 4.74 Å². The molecule has 2 aromatic rings. The number of fused-ring (bicyclic) bond motifs is 1. The number of esters is 1. The molecule has 0 unspecified atom stereocenters. The van der Waals surface area contributed by atoms with E-state index in [1.165, 1.54) is 7.11 Å². The first-order valence-electron chi connectivity index (χ1n) is 9.62. The summed E-state index contributed by atoms with van der Waals surface area (Å²) < 4.78 is 6.70. The molecule has 3 heterocycles. The van der Waals surface area contributed by atoms with Crippen LogP contribution in [0.25, 0.3) is 11.3 Å². The van der Waals surface area contributed by atoms with Gasteiger partial charge in [0.15, 0.2) is 5.82 Å². The van der Waals surface area contributed by atoms with Crippen molar-refractivity contribution in [3.63, 3.8) is 0 Å². The summed E-state index contributed by atoms with van der Waals surface area (Å²) in [7, 11) is 1.29.